The van der Waals surface area contributed by atoms with E-state index in [1.807, 2.05) is 17.0 Å². The highest BCUT2D eigenvalue weighted by molar-refractivity contribution is 5.76. The maximum Gasteiger partial charge on any atom is 0.223 e. The molecule has 0 bridgehead atoms. The number of amides is 1. The second-order valence-electron chi connectivity index (χ2n) is 5.91. The Morgan fingerprint density at radius 1 is 1.45 bits per heavy atom. The van der Waals surface area contributed by atoms with Gasteiger partial charge in [-0.1, -0.05) is 0 Å². The molecule has 1 aromatic rings. The van der Waals surface area contributed by atoms with Gasteiger partial charge >= 0.3 is 0 Å². The Kier molecular flexibility index (Phi) is 5.65. The molecule has 0 radical (unpaired) electrons. The molecule has 1 aliphatic heterocycles. The second kappa shape index (κ2) is 7.48. The Hall–Kier alpha value is -1.29. The summed E-state index contributed by atoms with van der Waals surface area (Å²) >= 11 is 0. The monoisotopic (exact) mass is 278 g/mol. The number of aryl methyl sites for hydroxylation is 1. The van der Waals surface area contributed by atoms with Gasteiger partial charge in [0.15, 0.2) is 0 Å². The van der Waals surface area contributed by atoms with Crippen LogP contribution in [0.3, 0.4) is 0 Å². The van der Waals surface area contributed by atoms with Crippen LogP contribution in [0.2, 0.25) is 0 Å². The van der Waals surface area contributed by atoms with E-state index in [1.165, 1.54) is 12.8 Å². The third-order valence-electron chi connectivity index (χ3n) is 4.02. The number of hydrogen-bond acceptors (Lipinski definition) is 3. The molecule has 4 nitrogen and oxygen atoms in total. The van der Waals surface area contributed by atoms with Crippen molar-refractivity contribution in [1.82, 2.24) is 10.2 Å². The van der Waals surface area contributed by atoms with Crippen molar-refractivity contribution >= 4 is 5.91 Å². The molecule has 1 amide bonds. The van der Waals surface area contributed by atoms with Crippen LogP contribution in [-0.2, 0) is 11.2 Å². The lowest BCUT2D eigenvalue weighted by Gasteiger charge is -2.33. The van der Waals surface area contributed by atoms with E-state index < -0.39 is 0 Å². The number of nitrogens with zero attached hydrogens (tertiary/aromatic N) is 1. The van der Waals surface area contributed by atoms with E-state index >= 15 is 0 Å². The van der Waals surface area contributed by atoms with Crippen molar-refractivity contribution in [1.29, 1.82) is 0 Å². The fraction of sp³-hybridized carbons (Fsp3) is 0.688. The first-order chi connectivity index (χ1) is 9.66. The third kappa shape index (κ3) is 4.37. The van der Waals surface area contributed by atoms with Gasteiger partial charge in [0.25, 0.3) is 0 Å². The molecule has 4 heteroatoms. The lowest BCUT2D eigenvalue weighted by atomic mass is 9.97. The number of carbonyl (C=O) groups excluding carboxylic acids is 1. The lowest BCUT2D eigenvalue weighted by molar-refractivity contribution is -0.133. The fourth-order valence-electron chi connectivity index (χ4n) is 2.77. The second-order valence-corrected chi connectivity index (χ2v) is 5.91. The SMILES string of the molecule is CC(C)N(CC1CCNCC1)C(=O)CCc1ccco1. The summed E-state index contributed by atoms with van der Waals surface area (Å²) in [6.07, 6.45) is 5.25. The largest absolute Gasteiger partial charge is 0.469 e. The molecule has 0 atom stereocenters. The molecular weight excluding hydrogens is 252 g/mol. The smallest absolute Gasteiger partial charge is 0.223 e. The first-order valence-corrected chi connectivity index (χ1v) is 7.69. The minimum Gasteiger partial charge on any atom is -0.469 e. The topological polar surface area (TPSA) is 45.5 Å². The molecule has 1 aromatic heterocycles. The molecule has 0 spiro atoms. The zero-order valence-corrected chi connectivity index (χ0v) is 12.6. The van der Waals surface area contributed by atoms with E-state index in [0.29, 0.717) is 18.8 Å². The van der Waals surface area contributed by atoms with Crippen LogP contribution in [0.25, 0.3) is 0 Å². The summed E-state index contributed by atoms with van der Waals surface area (Å²) in [4.78, 5) is 14.5. The zero-order chi connectivity index (χ0) is 14.4. The molecule has 2 rings (SSSR count). The quantitative estimate of drug-likeness (QED) is 0.869. The fourth-order valence-corrected chi connectivity index (χ4v) is 2.77. The molecule has 0 unspecified atom stereocenters. The Bertz CT molecular complexity index is 395. The summed E-state index contributed by atoms with van der Waals surface area (Å²) < 4.78 is 5.30. The van der Waals surface area contributed by atoms with E-state index in [2.05, 4.69) is 19.2 Å². The summed E-state index contributed by atoms with van der Waals surface area (Å²) in [7, 11) is 0. The Morgan fingerprint density at radius 3 is 2.80 bits per heavy atom. The van der Waals surface area contributed by atoms with Crippen molar-refractivity contribution in [3.8, 4) is 0 Å². The molecule has 0 aromatic carbocycles. The average Bonchev–Trinajstić information content (AvgIpc) is 2.96. The molecule has 0 aliphatic carbocycles. The van der Waals surface area contributed by atoms with Crippen LogP contribution >= 0.6 is 0 Å². The van der Waals surface area contributed by atoms with Crippen LogP contribution in [-0.4, -0.2) is 36.5 Å². The average molecular weight is 278 g/mol. The Balaban J connectivity index is 1.84. The predicted molar refractivity (Wildman–Crippen MR) is 79.5 cm³/mol. The van der Waals surface area contributed by atoms with Gasteiger partial charge in [0.2, 0.25) is 5.91 Å². The summed E-state index contributed by atoms with van der Waals surface area (Å²) in [5, 5.41) is 3.37. The standard InChI is InChI=1S/C16H26N2O2/c1-13(2)18(12-14-7-9-17-10-8-14)16(19)6-5-15-4-3-11-20-15/h3-4,11,13-14,17H,5-10,12H2,1-2H3. The maximum atomic E-state index is 12.4. The number of carbonyl (C=O) groups is 1. The lowest BCUT2D eigenvalue weighted by Crippen LogP contribution is -2.43. The number of furan rings is 1. The van der Waals surface area contributed by atoms with Gasteiger partial charge in [-0.05, 0) is 57.8 Å². The molecule has 1 N–H and O–H groups in total. The zero-order valence-electron chi connectivity index (χ0n) is 12.6. The predicted octanol–water partition coefficient (Wildman–Crippen LogP) is 2.45. The van der Waals surface area contributed by atoms with Crippen LogP contribution in [0.4, 0.5) is 0 Å². The van der Waals surface area contributed by atoms with E-state index in [-0.39, 0.29) is 11.9 Å². The summed E-state index contributed by atoms with van der Waals surface area (Å²) in [6.45, 7) is 7.27. The van der Waals surface area contributed by atoms with Gasteiger partial charge in [0.05, 0.1) is 6.26 Å². The molecule has 1 saturated heterocycles. The van der Waals surface area contributed by atoms with Crippen LogP contribution in [0, 0.1) is 5.92 Å². The number of nitrogens with one attached hydrogen (secondary N) is 1. The van der Waals surface area contributed by atoms with Crippen LogP contribution in [0.5, 0.6) is 0 Å². The minimum atomic E-state index is 0.245. The first-order valence-electron chi connectivity index (χ1n) is 7.69. The van der Waals surface area contributed by atoms with E-state index in [0.717, 1.165) is 25.4 Å². The van der Waals surface area contributed by atoms with Gasteiger partial charge in [0, 0.05) is 25.4 Å². The van der Waals surface area contributed by atoms with Crippen LogP contribution in [0.1, 0.15) is 38.9 Å². The van der Waals surface area contributed by atoms with Crippen molar-refractivity contribution in [2.75, 3.05) is 19.6 Å². The highest BCUT2D eigenvalue weighted by Gasteiger charge is 2.22. The molecule has 1 fully saturated rings. The van der Waals surface area contributed by atoms with Crippen molar-refractivity contribution in [3.05, 3.63) is 24.2 Å². The van der Waals surface area contributed by atoms with Gasteiger partial charge < -0.3 is 14.6 Å². The molecule has 20 heavy (non-hydrogen) atoms. The molecule has 0 saturated carbocycles. The highest BCUT2D eigenvalue weighted by Crippen LogP contribution is 2.16. The normalized spacial score (nSPS) is 16.6. The molecular formula is C16H26N2O2. The number of piperidine rings is 1. The van der Waals surface area contributed by atoms with E-state index in [9.17, 15) is 4.79 Å². The Morgan fingerprint density at radius 2 is 2.20 bits per heavy atom. The van der Waals surface area contributed by atoms with Gasteiger partial charge in [-0.2, -0.15) is 0 Å². The summed E-state index contributed by atoms with van der Waals surface area (Å²) in [5.41, 5.74) is 0. The Labute approximate surface area is 121 Å². The minimum absolute atomic E-state index is 0.245. The van der Waals surface area contributed by atoms with Crippen molar-refractivity contribution in [3.63, 3.8) is 0 Å². The molecule has 112 valence electrons. The van der Waals surface area contributed by atoms with Crippen LogP contribution < -0.4 is 5.32 Å². The maximum absolute atomic E-state index is 12.4. The molecule has 2 heterocycles. The number of rotatable bonds is 6. The van der Waals surface area contributed by atoms with Crippen molar-refractivity contribution < 1.29 is 9.21 Å². The number of hydrogen-bond donors (Lipinski definition) is 1. The van der Waals surface area contributed by atoms with Gasteiger partial charge in [0.1, 0.15) is 5.76 Å². The highest BCUT2D eigenvalue weighted by atomic mass is 16.3. The van der Waals surface area contributed by atoms with Gasteiger partial charge in [-0.25, -0.2) is 0 Å². The van der Waals surface area contributed by atoms with E-state index in [1.54, 1.807) is 6.26 Å². The summed E-state index contributed by atoms with van der Waals surface area (Å²) in [5.74, 6) is 1.78. The third-order valence-corrected chi connectivity index (χ3v) is 4.02. The first kappa shape index (κ1) is 15.1. The van der Waals surface area contributed by atoms with E-state index in [4.69, 9.17) is 4.42 Å². The van der Waals surface area contributed by atoms with Crippen molar-refractivity contribution in [2.24, 2.45) is 5.92 Å². The van der Waals surface area contributed by atoms with Gasteiger partial charge in [-0.3, -0.25) is 4.79 Å². The summed E-state index contributed by atoms with van der Waals surface area (Å²) in [6, 6.07) is 4.07. The van der Waals surface area contributed by atoms with Crippen molar-refractivity contribution in [2.45, 2.75) is 45.6 Å². The van der Waals surface area contributed by atoms with Gasteiger partial charge in [-0.15, -0.1) is 0 Å². The molecule has 1 aliphatic rings. The van der Waals surface area contributed by atoms with Crippen LogP contribution in [0.15, 0.2) is 22.8 Å².